The number of hydrogen-bond donors (Lipinski definition) is 3. The van der Waals surface area contributed by atoms with Crippen molar-refractivity contribution in [2.75, 3.05) is 38.1 Å². The van der Waals surface area contributed by atoms with Gasteiger partial charge in [-0.25, -0.2) is 0 Å². The number of anilines is 1. The van der Waals surface area contributed by atoms with E-state index in [4.69, 9.17) is 17.2 Å². The molecule has 0 bridgehead atoms. The number of nitrogens with two attached hydrogens (primary N) is 3. The van der Waals surface area contributed by atoms with Gasteiger partial charge in [0.25, 0.3) is 0 Å². The maximum atomic E-state index is 5.78. The van der Waals surface area contributed by atoms with E-state index < -0.39 is 0 Å². The Morgan fingerprint density at radius 3 is 1.71 bits per heavy atom. The summed E-state index contributed by atoms with van der Waals surface area (Å²) in [6.45, 7) is 27.0. The molecule has 412 valence electrons. The van der Waals surface area contributed by atoms with Gasteiger partial charge in [0.1, 0.15) is 0 Å². The highest BCUT2D eigenvalue weighted by atomic mass is 15.1. The second-order valence-electron chi connectivity index (χ2n) is 24.1. The molecule has 0 spiro atoms. The summed E-state index contributed by atoms with van der Waals surface area (Å²) in [5.74, 6) is 8.60. The number of benzene rings is 1. The summed E-state index contributed by atoms with van der Waals surface area (Å²) in [5, 5.41) is 0. The third-order valence-corrected chi connectivity index (χ3v) is 17.8. The molecule has 4 aliphatic carbocycles. The molecule has 3 saturated carbocycles. The summed E-state index contributed by atoms with van der Waals surface area (Å²) in [6.07, 6.45) is 48.8. The molecule has 1 aromatic rings. The molecular formula is C66H128N4. The Labute approximate surface area is 440 Å². The molecule has 3 fully saturated rings. The standard InChI is InChI=1S/C34H57N.C15H32N2.C7H14.C6H15N.C4H10/c1-7-13-31(29(8-2)23-28(5)30-15-10-9-11-16-30)24-33(32-17-12-14-27(4)22-32)25-35(6)34-20-18-26(3)19-21-34;1-2-3-4-5-6-13-7-9-14(10-8-13)15(11-16)12-17;1-7-5-3-2-4-6-7;1-2-3-4-5-6-7;1-3-4-2/h15,18-21,27-29,31-33H,7-14,16-17,22-25H2,1-6H3;13-15H,2-12,16-17H2,1H3;7H,2-6H2,1H3;2-7H2,1H3;3-4H2,1-2H3/t27?,28?,29?,31-,32?,33?;;;;/m1..../s1. The van der Waals surface area contributed by atoms with Crippen molar-refractivity contribution >= 4 is 5.69 Å². The van der Waals surface area contributed by atoms with Gasteiger partial charge in [-0.2, -0.15) is 0 Å². The van der Waals surface area contributed by atoms with Gasteiger partial charge in [-0.15, -0.1) is 0 Å². The van der Waals surface area contributed by atoms with Crippen molar-refractivity contribution in [3.8, 4) is 0 Å². The minimum atomic E-state index is 0.580. The summed E-state index contributed by atoms with van der Waals surface area (Å²) in [5.41, 5.74) is 21.4. The van der Waals surface area contributed by atoms with Gasteiger partial charge >= 0.3 is 0 Å². The lowest BCUT2D eigenvalue weighted by atomic mass is 9.69. The van der Waals surface area contributed by atoms with E-state index in [1.165, 1.54) is 230 Å². The molecule has 4 heteroatoms. The van der Waals surface area contributed by atoms with Crippen LogP contribution in [0.2, 0.25) is 0 Å². The van der Waals surface area contributed by atoms with Crippen molar-refractivity contribution in [1.29, 1.82) is 0 Å². The first-order valence-electron chi connectivity index (χ1n) is 31.5. The maximum absolute atomic E-state index is 5.78. The van der Waals surface area contributed by atoms with Crippen molar-refractivity contribution in [2.24, 2.45) is 76.4 Å². The lowest BCUT2D eigenvalue weighted by Gasteiger charge is -2.40. The highest BCUT2D eigenvalue weighted by Gasteiger charge is 2.33. The molecule has 0 heterocycles. The minimum absolute atomic E-state index is 0.580. The van der Waals surface area contributed by atoms with E-state index in [1.807, 2.05) is 0 Å². The Morgan fingerprint density at radius 1 is 0.586 bits per heavy atom. The number of hydrogen-bond acceptors (Lipinski definition) is 4. The topological polar surface area (TPSA) is 81.3 Å². The number of allylic oxidation sites excluding steroid dienone is 2. The predicted molar refractivity (Wildman–Crippen MR) is 318 cm³/mol. The van der Waals surface area contributed by atoms with Crippen LogP contribution >= 0.6 is 0 Å². The smallest absolute Gasteiger partial charge is 0.0363 e. The molecule has 6 N–H and O–H groups in total. The largest absolute Gasteiger partial charge is 0.374 e. The first kappa shape index (κ1) is 66.7. The van der Waals surface area contributed by atoms with E-state index in [1.54, 1.807) is 5.57 Å². The van der Waals surface area contributed by atoms with E-state index in [2.05, 4.69) is 112 Å². The normalized spacial score (nSPS) is 22.2. The van der Waals surface area contributed by atoms with Gasteiger partial charge in [0.15, 0.2) is 0 Å². The first-order valence-corrected chi connectivity index (χ1v) is 31.5. The molecule has 5 unspecified atom stereocenters. The summed E-state index contributed by atoms with van der Waals surface area (Å²) in [7, 11) is 2.34. The Bertz CT molecular complexity index is 1280. The Balaban J connectivity index is 0.000000570. The molecular weight excluding hydrogens is 849 g/mol. The zero-order valence-corrected chi connectivity index (χ0v) is 49.5. The highest BCUT2D eigenvalue weighted by molar-refractivity contribution is 5.46. The van der Waals surface area contributed by atoms with Gasteiger partial charge in [0, 0.05) is 19.3 Å². The molecule has 0 amide bonds. The van der Waals surface area contributed by atoms with Gasteiger partial charge in [0.05, 0.1) is 0 Å². The van der Waals surface area contributed by atoms with Gasteiger partial charge in [-0.05, 0) is 162 Å². The van der Waals surface area contributed by atoms with Crippen molar-refractivity contribution in [2.45, 2.75) is 281 Å². The van der Waals surface area contributed by atoms with Crippen molar-refractivity contribution in [3.63, 3.8) is 0 Å². The second kappa shape index (κ2) is 44.0. The number of rotatable bonds is 26. The van der Waals surface area contributed by atoms with Crippen molar-refractivity contribution < 1.29 is 0 Å². The summed E-state index contributed by atoms with van der Waals surface area (Å²) >= 11 is 0. The third-order valence-electron chi connectivity index (χ3n) is 17.8. The van der Waals surface area contributed by atoms with Crippen molar-refractivity contribution in [3.05, 3.63) is 41.5 Å². The highest BCUT2D eigenvalue weighted by Crippen LogP contribution is 2.42. The number of nitrogens with zero attached hydrogens (tertiary/aromatic N) is 1. The van der Waals surface area contributed by atoms with Gasteiger partial charge < -0.3 is 22.1 Å². The van der Waals surface area contributed by atoms with E-state index in [0.717, 1.165) is 72.9 Å². The lowest BCUT2D eigenvalue weighted by molar-refractivity contribution is 0.146. The molecule has 0 aliphatic heterocycles. The second-order valence-corrected chi connectivity index (χ2v) is 24.1. The fraction of sp³-hybridized carbons (Fsp3) is 0.879. The number of unbranched alkanes of at least 4 members (excludes halogenated alkanes) is 7. The zero-order valence-electron chi connectivity index (χ0n) is 49.5. The third kappa shape index (κ3) is 30.7. The predicted octanol–water partition coefficient (Wildman–Crippen LogP) is 19.4. The fourth-order valence-electron chi connectivity index (χ4n) is 12.7. The van der Waals surface area contributed by atoms with E-state index >= 15 is 0 Å². The molecule has 0 aromatic heterocycles. The summed E-state index contributed by atoms with van der Waals surface area (Å²) in [4.78, 5) is 2.57. The molecule has 4 nitrogen and oxygen atoms in total. The fourth-order valence-corrected chi connectivity index (χ4v) is 12.7. The van der Waals surface area contributed by atoms with Crippen LogP contribution in [0.25, 0.3) is 0 Å². The van der Waals surface area contributed by atoms with Gasteiger partial charge in [0.2, 0.25) is 0 Å². The van der Waals surface area contributed by atoms with Crippen LogP contribution in [0.4, 0.5) is 5.69 Å². The molecule has 0 saturated heterocycles. The molecule has 70 heavy (non-hydrogen) atoms. The molecule has 4 aliphatic rings. The van der Waals surface area contributed by atoms with Crippen LogP contribution in [0.5, 0.6) is 0 Å². The summed E-state index contributed by atoms with van der Waals surface area (Å²) in [6, 6.07) is 9.21. The lowest BCUT2D eigenvalue weighted by Crippen LogP contribution is -2.35. The van der Waals surface area contributed by atoms with Crippen LogP contribution < -0.4 is 22.1 Å². The van der Waals surface area contributed by atoms with Gasteiger partial charge in [-0.1, -0.05) is 239 Å². The number of aryl methyl sites for hydroxylation is 1. The van der Waals surface area contributed by atoms with Crippen LogP contribution in [-0.4, -0.2) is 33.2 Å². The quantitative estimate of drug-likeness (QED) is 0.0638. The zero-order chi connectivity index (χ0) is 51.8. The van der Waals surface area contributed by atoms with Crippen LogP contribution in [0.15, 0.2) is 35.9 Å². The van der Waals surface area contributed by atoms with Crippen molar-refractivity contribution in [1.82, 2.24) is 0 Å². The molecule has 6 atom stereocenters. The average Bonchev–Trinajstić information content (AvgIpc) is 3.38. The van der Waals surface area contributed by atoms with Crippen LogP contribution in [0, 0.1) is 66.1 Å². The Kier molecular flexibility index (Phi) is 41.9. The van der Waals surface area contributed by atoms with Crippen LogP contribution in [-0.2, 0) is 0 Å². The van der Waals surface area contributed by atoms with Crippen LogP contribution in [0.1, 0.15) is 280 Å². The monoisotopic (exact) mass is 977 g/mol. The Hall–Kier alpha value is -1.36. The van der Waals surface area contributed by atoms with E-state index in [9.17, 15) is 0 Å². The maximum Gasteiger partial charge on any atom is 0.0363 e. The molecule has 1 aromatic carbocycles. The van der Waals surface area contributed by atoms with E-state index in [0.29, 0.717) is 5.92 Å². The SMILES string of the molecule is CC1CCCCC1.CCCC.CCCCCCC1CCC(C(CN)CN)CC1.CCCCCCN.CCC[C@H](CC(CN(C)c1ccc(C)cc1)C1CCCC(C)C1)C(CC)CC(C)C1=CCCCC1. The first-order chi connectivity index (χ1) is 33.9. The van der Waals surface area contributed by atoms with E-state index in [-0.39, 0.29) is 0 Å². The molecule has 5 rings (SSSR count). The molecule has 0 radical (unpaired) electrons. The summed E-state index contributed by atoms with van der Waals surface area (Å²) < 4.78 is 0. The van der Waals surface area contributed by atoms with Gasteiger partial charge in [-0.3, -0.25) is 0 Å². The minimum Gasteiger partial charge on any atom is -0.374 e. The average molecular weight is 978 g/mol. The van der Waals surface area contributed by atoms with Crippen LogP contribution in [0.3, 0.4) is 0 Å². The Morgan fingerprint density at radius 2 is 1.21 bits per heavy atom.